The van der Waals surface area contributed by atoms with Crippen molar-refractivity contribution in [2.24, 2.45) is 0 Å². The average Bonchev–Trinajstić information content (AvgIpc) is 3.22. The Morgan fingerprint density at radius 1 is 0.784 bits per heavy atom. The van der Waals surface area contributed by atoms with Gasteiger partial charge in [0.2, 0.25) is 11.8 Å². The maximum atomic E-state index is 12.7. The summed E-state index contributed by atoms with van der Waals surface area (Å²) in [4.78, 5) is 26.1. The summed E-state index contributed by atoms with van der Waals surface area (Å²) in [7, 11) is 0. The summed E-state index contributed by atoms with van der Waals surface area (Å²) in [6.07, 6.45) is 0.262. The number of benzene rings is 4. The van der Waals surface area contributed by atoms with Crippen LogP contribution in [-0.4, -0.2) is 22.1 Å². The molecule has 0 fully saturated rings. The summed E-state index contributed by atoms with van der Waals surface area (Å²) in [5.74, 6) is 0.0690. The molecule has 0 bridgehead atoms. The number of carbonyl (C=O) groups is 2. The normalized spacial score (nSPS) is 11.1. The van der Waals surface area contributed by atoms with Gasteiger partial charge in [-0.25, -0.2) is 0 Å². The lowest BCUT2D eigenvalue weighted by atomic mass is 10.1. The number of hydrogen-bond donors (Lipinski definition) is 2. The Morgan fingerprint density at radius 2 is 1.51 bits per heavy atom. The molecular formula is C30H26ClN3O2S. The van der Waals surface area contributed by atoms with Crippen LogP contribution >= 0.6 is 23.4 Å². The van der Waals surface area contributed by atoms with Crippen molar-refractivity contribution in [3.63, 3.8) is 0 Å². The summed E-state index contributed by atoms with van der Waals surface area (Å²) in [6, 6.07) is 29.1. The molecule has 0 aliphatic carbocycles. The fraction of sp³-hybridized carbons (Fsp3) is 0.133. The number of nitrogens with zero attached hydrogens (tertiary/aromatic N) is 1. The highest BCUT2D eigenvalue weighted by Gasteiger charge is 2.11. The Morgan fingerprint density at radius 3 is 2.32 bits per heavy atom. The van der Waals surface area contributed by atoms with Gasteiger partial charge in [0.1, 0.15) is 0 Å². The highest BCUT2D eigenvalue weighted by Crippen LogP contribution is 2.31. The molecule has 7 heteroatoms. The number of aromatic nitrogens is 1. The number of halogens is 1. The topological polar surface area (TPSA) is 63.1 Å². The number of fused-ring (bicyclic) bond motifs is 3. The second-order valence-electron chi connectivity index (χ2n) is 8.71. The van der Waals surface area contributed by atoms with Gasteiger partial charge in [0.25, 0.3) is 0 Å². The van der Waals surface area contributed by atoms with E-state index in [1.165, 1.54) is 22.7 Å². The van der Waals surface area contributed by atoms with Gasteiger partial charge >= 0.3 is 0 Å². The monoisotopic (exact) mass is 527 g/mol. The van der Waals surface area contributed by atoms with Crippen LogP contribution < -0.4 is 10.6 Å². The van der Waals surface area contributed by atoms with Crippen LogP contribution in [0.2, 0.25) is 5.02 Å². The number of carbonyl (C=O) groups excluding carboxylic acids is 2. The Balaban J connectivity index is 1.20. The lowest BCUT2D eigenvalue weighted by molar-refractivity contribution is -0.115. The molecule has 4 aromatic carbocycles. The first-order valence-electron chi connectivity index (χ1n) is 12.1. The molecule has 0 aliphatic heterocycles. The fourth-order valence-electron chi connectivity index (χ4n) is 4.47. The van der Waals surface area contributed by atoms with Crippen molar-refractivity contribution in [3.8, 4) is 0 Å². The first kappa shape index (κ1) is 24.9. The number of thioether (sulfide) groups is 1. The van der Waals surface area contributed by atoms with E-state index in [9.17, 15) is 9.59 Å². The van der Waals surface area contributed by atoms with E-state index >= 15 is 0 Å². The van der Waals surface area contributed by atoms with Crippen LogP contribution in [-0.2, 0) is 22.6 Å². The molecule has 0 unspecified atom stereocenters. The van der Waals surface area contributed by atoms with Gasteiger partial charge < -0.3 is 15.2 Å². The molecule has 0 saturated heterocycles. The van der Waals surface area contributed by atoms with Crippen LogP contribution in [0.3, 0.4) is 0 Å². The highest BCUT2D eigenvalue weighted by atomic mass is 35.5. The zero-order valence-corrected chi connectivity index (χ0v) is 21.9. The summed E-state index contributed by atoms with van der Waals surface area (Å²) in [6.45, 7) is 3.02. The quantitative estimate of drug-likeness (QED) is 0.207. The fourth-order valence-corrected chi connectivity index (χ4v) is 5.36. The minimum atomic E-state index is -0.109. The first-order valence-corrected chi connectivity index (χ1v) is 13.4. The van der Waals surface area contributed by atoms with E-state index in [1.54, 1.807) is 12.1 Å². The van der Waals surface area contributed by atoms with Crippen molar-refractivity contribution in [1.29, 1.82) is 0 Å². The third kappa shape index (κ3) is 5.82. The summed E-state index contributed by atoms with van der Waals surface area (Å²) < 4.78 is 2.29. The smallest absolute Gasteiger partial charge is 0.234 e. The Labute approximate surface area is 224 Å². The summed E-state index contributed by atoms with van der Waals surface area (Å²) >= 11 is 7.34. The minimum absolute atomic E-state index is 0.0826. The molecule has 186 valence electrons. The maximum Gasteiger partial charge on any atom is 0.234 e. The van der Waals surface area contributed by atoms with Crippen LogP contribution in [0.1, 0.15) is 12.5 Å². The van der Waals surface area contributed by atoms with Gasteiger partial charge in [-0.1, -0.05) is 48.0 Å². The molecule has 5 aromatic rings. The van der Waals surface area contributed by atoms with Gasteiger partial charge in [-0.3, -0.25) is 9.59 Å². The van der Waals surface area contributed by atoms with Crippen molar-refractivity contribution in [2.45, 2.75) is 24.8 Å². The van der Waals surface area contributed by atoms with Crippen molar-refractivity contribution in [2.75, 3.05) is 16.4 Å². The van der Waals surface area contributed by atoms with Gasteiger partial charge in [-0.2, -0.15) is 0 Å². The van der Waals surface area contributed by atoms with Gasteiger partial charge in [0.15, 0.2) is 0 Å². The van der Waals surface area contributed by atoms with E-state index in [4.69, 9.17) is 11.6 Å². The third-order valence-electron chi connectivity index (χ3n) is 6.14. The van der Waals surface area contributed by atoms with Crippen LogP contribution in [0.25, 0.3) is 21.8 Å². The van der Waals surface area contributed by atoms with Crippen molar-refractivity contribution in [3.05, 3.63) is 102 Å². The molecule has 2 N–H and O–H groups in total. The van der Waals surface area contributed by atoms with Gasteiger partial charge in [0.05, 0.1) is 12.2 Å². The molecule has 0 aliphatic rings. The van der Waals surface area contributed by atoms with E-state index in [0.717, 1.165) is 33.6 Å². The molecule has 1 aromatic heterocycles. The van der Waals surface area contributed by atoms with E-state index in [1.807, 2.05) is 60.7 Å². The predicted octanol–water partition coefficient (Wildman–Crippen LogP) is 7.38. The number of amides is 2. The molecule has 1 heterocycles. The molecule has 5 nitrogen and oxygen atoms in total. The average molecular weight is 528 g/mol. The molecule has 0 radical (unpaired) electrons. The molecule has 2 amide bonds. The van der Waals surface area contributed by atoms with Crippen molar-refractivity contribution < 1.29 is 9.59 Å². The maximum absolute atomic E-state index is 12.7. The number of para-hydroxylation sites is 1. The van der Waals surface area contributed by atoms with Gasteiger partial charge in [0, 0.05) is 49.6 Å². The third-order valence-corrected chi connectivity index (χ3v) is 7.38. The lowest BCUT2D eigenvalue weighted by Gasteiger charge is -2.09. The molecular weight excluding hydrogens is 502 g/mol. The minimum Gasteiger partial charge on any atom is -0.341 e. The molecule has 0 saturated carbocycles. The van der Waals surface area contributed by atoms with Crippen LogP contribution in [0.5, 0.6) is 0 Å². The molecule has 0 spiro atoms. The van der Waals surface area contributed by atoms with Crippen LogP contribution in [0.4, 0.5) is 11.4 Å². The van der Waals surface area contributed by atoms with Crippen molar-refractivity contribution >= 4 is 68.4 Å². The SMILES string of the molecule is CCn1c2ccccc2c2cc(NC(=O)CSc3cccc(NC(=O)Cc4ccc(Cl)cc4)c3)ccc21. The Bertz CT molecular complexity index is 1590. The highest BCUT2D eigenvalue weighted by molar-refractivity contribution is 8.00. The van der Waals surface area contributed by atoms with E-state index in [2.05, 4.69) is 40.3 Å². The van der Waals surface area contributed by atoms with Gasteiger partial charge in [-0.15, -0.1) is 11.8 Å². The van der Waals surface area contributed by atoms with Crippen LogP contribution in [0.15, 0.2) is 95.9 Å². The molecule has 5 rings (SSSR count). The number of hydrogen-bond acceptors (Lipinski definition) is 3. The van der Waals surface area contributed by atoms with E-state index in [-0.39, 0.29) is 24.0 Å². The Hall–Kier alpha value is -3.74. The second-order valence-corrected chi connectivity index (χ2v) is 10.2. The van der Waals surface area contributed by atoms with E-state index in [0.29, 0.717) is 10.7 Å². The predicted molar refractivity (Wildman–Crippen MR) is 155 cm³/mol. The second kappa shape index (κ2) is 11.1. The summed E-state index contributed by atoms with van der Waals surface area (Å²) in [5.41, 5.74) is 4.72. The van der Waals surface area contributed by atoms with E-state index < -0.39 is 0 Å². The molecule has 37 heavy (non-hydrogen) atoms. The molecule has 0 atom stereocenters. The largest absolute Gasteiger partial charge is 0.341 e. The summed E-state index contributed by atoms with van der Waals surface area (Å²) in [5, 5.41) is 8.90. The number of aryl methyl sites for hydroxylation is 1. The van der Waals surface area contributed by atoms with Crippen molar-refractivity contribution in [1.82, 2.24) is 4.57 Å². The standard InChI is InChI=1S/C30H26ClN3O2S/c1-2-34-27-9-4-3-8-25(27)26-18-23(14-15-28(26)34)33-30(36)19-37-24-7-5-6-22(17-24)32-29(35)16-20-10-12-21(31)13-11-20/h3-15,17-18H,2,16,19H2,1H3,(H,32,35)(H,33,36). The van der Waals surface area contributed by atoms with Gasteiger partial charge in [-0.05, 0) is 67.1 Å². The number of anilines is 2. The van der Waals surface area contributed by atoms with Crippen LogP contribution in [0, 0.1) is 0 Å². The number of rotatable bonds is 8. The first-order chi connectivity index (χ1) is 18.0. The zero-order chi connectivity index (χ0) is 25.8. The zero-order valence-electron chi connectivity index (χ0n) is 20.3. The lowest BCUT2D eigenvalue weighted by Crippen LogP contribution is -2.15. The number of nitrogens with one attached hydrogen (secondary N) is 2. The Kier molecular flexibility index (Phi) is 7.49.